The van der Waals surface area contributed by atoms with E-state index in [9.17, 15) is 4.79 Å². The number of guanidine groups is 1. The second-order valence-corrected chi connectivity index (χ2v) is 9.44. The molecule has 1 N–H and O–H groups in total. The molecule has 3 saturated heterocycles. The highest BCUT2D eigenvalue weighted by atomic mass is 127. The summed E-state index contributed by atoms with van der Waals surface area (Å²) in [5.74, 6) is 2.78. The molecule has 0 aromatic rings. The van der Waals surface area contributed by atoms with Crippen molar-refractivity contribution in [2.24, 2.45) is 16.8 Å². The van der Waals surface area contributed by atoms with Crippen LogP contribution in [0.25, 0.3) is 0 Å². The number of aliphatic imine (C=N–C) groups is 1. The summed E-state index contributed by atoms with van der Waals surface area (Å²) in [6.45, 7) is 15.5. The van der Waals surface area contributed by atoms with Gasteiger partial charge in [0.1, 0.15) is 0 Å². The van der Waals surface area contributed by atoms with E-state index in [1.165, 1.54) is 32.5 Å². The van der Waals surface area contributed by atoms with Crippen molar-refractivity contribution in [3.8, 4) is 0 Å². The molecule has 1 unspecified atom stereocenters. The van der Waals surface area contributed by atoms with Crippen molar-refractivity contribution in [2.45, 2.75) is 39.5 Å². The molecule has 30 heavy (non-hydrogen) atoms. The van der Waals surface area contributed by atoms with E-state index in [1.54, 1.807) is 0 Å². The van der Waals surface area contributed by atoms with Gasteiger partial charge in [-0.1, -0.05) is 13.8 Å². The topological polar surface area (TPSA) is 54.4 Å². The van der Waals surface area contributed by atoms with Crippen molar-refractivity contribution in [1.29, 1.82) is 0 Å². The van der Waals surface area contributed by atoms with Crippen LogP contribution in [0.3, 0.4) is 0 Å². The number of rotatable bonds is 6. The lowest BCUT2D eigenvalue weighted by Crippen LogP contribution is -2.55. The first-order valence-electron chi connectivity index (χ1n) is 11.7. The molecule has 3 aliphatic heterocycles. The first kappa shape index (κ1) is 25.6. The Morgan fingerprint density at radius 2 is 1.67 bits per heavy atom. The van der Waals surface area contributed by atoms with Gasteiger partial charge in [0.2, 0.25) is 5.91 Å². The number of piperazine rings is 1. The van der Waals surface area contributed by atoms with Gasteiger partial charge >= 0.3 is 0 Å². The normalized spacial score (nSPS) is 24.3. The number of likely N-dealkylation sites (tertiary alicyclic amines) is 2. The summed E-state index contributed by atoms with van der Waals surface area (Å²) in [4.78, 5) is 26.2. The fraction of sp³-hybridized carbons (Fsp3) is 0.909. The Labute approximate surface area is 200 Å². The quantitative estimate of drug-likeness (QED) is 0.320. The number of hydrogen-bond acceptors (Lipinski definition) is 4. The molecule has 0 aliphatic carbocycles. The smallest absolute Gasteiger partial charge is 0.236 e. The molecule has 3 heterocycles. The minimum Gasteiger partial charge on any atom is -0.356 e. The lowest BCUT2D eigenvalue weighted by molar-refractivity contribution is -0.131. The third kappa shape index (κ3) is 7.82. The number of carbonyl (C=O) groups excluding carboxylic acids is 1. The minimum absolute atomic E-state index is 0. The molecule has 0 bridgehead atoms. The zero-order valence-electron chi connectivity index (χ0n) is 19.3. The van der Waals surface area contributed by atoms with Gasteiger partial charge in [-0.2, -0.15) is 0 Å². The van der Waals surface area contributed by atoms with Crippen LogP contribution < -0.4 is 5.32 Å². The molecule has 0 aromatic heterocycles. The summed E-state index contributed by atoms with van der Waals surface area (Å²) in [6.07, 6.45) is 4.95. The van der Waals surface area contributed by atoms with Crippen molar-refractivity contribution in [3.63, 3.8) is 0 Å². The Morgan fingerprint density at radius 1 is 0.967 bits per heavy atom. The average molecular weight is 535 g/mol. The number of nitrogens with zero attached hydrogens (tertiary/aromatic N) is 5. The Balaban J connectivity index is 0.00000320. The van der Waals surface area contributed by atoms with Gasteiger partial charge in [0, 0.05) is 66.0 Å². The second kappa shape index (κ2) is 13.1. The molecule has 0 spiro atoms. The molecule has 3 fully saturated rings. The number of hydrogen-bond donors (Lipinski definition) is 1. The monoisotopic (exact) mass is 534 g/mol. The summed E-state index contributed by atoms with van der Waals surface area (Å²) < 4.78 is 0. The van der Waals surface area contributed by atoms with Gasteiger partial charge in [-0.25, -0.2) is 0 Å². The molecule has 174 valence electrons. The Bertz CT molecular complexity index is 544. The van der Waals surface area contributed by atoms with Gasteiger partial charge in [-0.3, -0.25) is 14.7 Å². The van der Waals surface area contributed by atoms with Gasteiger partial charge in [0.25, 0.3) is 0 Å². The van der Waals surface area contributed by atoms with Crippen molar-refractivity contribution < 1.29 is 4.79 Å². The molecule has 8 heteroatoms. The lowest BCUT2D eigenvalue weighted by Gasteiger charge is -2.38. The Hall–Kier alpha value is -0.610. The van der Waals surface area contributed by atoms with Crippen LogP contribution in [0.2, 0.25) is 0 Å². The van der Waals surface area contributed by atoms with E-state index in [0.717, 1.165) is 70.5 Å². The number of carbonyl (C=O) groups is 1. The largest absolute Gasteiger partial charge is 0.356 e. The second-order valence-electron chi connectivity index (χ2n) is 9.44. The van der Waals surface area contributed by atoms with E-state index in [1.807, 2.05) is 11.9 Å². The number of nitrogens with one attached hydrogen (secondary N) is 1. The third-order valence-corrected chi connectivity index (χ3v) is 6.48. The van der Waals surface area contributed by atoms with Crippen molar-refractivity contribution >= 4 is 35.8 Å². The van der Waals surface area contributed by atoms with Crippen LogP contribution in [-0.2, 0) is 4.79 Å². The van der Waals surface area contributed by atoms with Crippen LogP contribution in [0.4, 0.5) is 0 Å². The fourth-order valence-electron chi connectivity index (χ4n) is 4.94. The van der Waals surface area contributed by atoms with E-state index in [-0.39, 0.29) is 24.0 Å². The molecule has 1 atom stereocenters. The zero-order valence-corrected chi connectivity index (χ0v) is 21.6. The van der Waals surface area contributed by atoms with Gasteiger partial charge < -0.3 is 20.0 Å². The van der Waals surface area contributed by atoms with Gasteiger partial charge in [0.05, 0.1) is 6.54 Å². The summed E-state index contributed by atoms with van der Waals surface area (Å²) in [5.41, 5.74) is 0. The van der Waals surface area contributed by atoms with E-state index in [4.69, 9.17) is 0 Å². The molecule has 0 radical (unpaired) electrons. The van der Waals surface area contributed by atoms with E-state index < -0.39 is 0 Å². The highest BCUT2D eigenvalue weighted by Gasteiger charge is 2.25. The van der Waals surface area contributed by atoms with Gasteiger partial charge in [-0.05, 0) is 44.1 Å². The molecule has 1 amide bonds. The molecule has 3 rings (SSSR count). The van der Waals surface area contributed by atoms with Crippen molar-refractivity contribution in [3.05, 3.63) is 0 Å². The zero-order chi connectivity index (χ0) is 20.6. The standard InChI is InChI=1S/C22H42N6O.HI/c1-19(2)16-26-8-6-7-20(17-26)15-24-22(23-3)28-13-11-25(12-14-28)18-21(29)27-9-4-5-10-27;/h19-20H,4-18H2,1-3H3,(H,23,24);1H. The maximum absolute atomic E-state index is 12.4. The molecule has 7 nitrogen and oxygen atoms in total. The van der Waals surface area contributed by atoms with Gasteiger partial charge in [0.15, 0.2) is 5.96 Å². The van der Waals surface area contributed by atoms with E-state index in [2.05, 4.69) is 38.9 Å². The summed E-state index contributed by atoms with van der Waals surface area (Å²) in [6, 6.07) is 0. The first-order valence-corrected chi connectivity index (χ1v) is 11.7. The van der Waals surface area contributed by atoms with Crippen LogP contribution >= 0.6 is 24.0 Å². The maximum Gasteiger partial charge on any atom is 0.236 e. The number of amides is 1. The maximum atomic E-state index is 12.4. The van der Waals surface area contributed by atoms with Crippen LogP contribution in [-0.4, -0.2) is 111 Å². The lowest BCUT2D eigenvalue weighted by atomic mass is 9.97. The summed E-state index contributed by atoms with van der Waals surface area (Å²) in [7, 11) is 1.89. The van der Waals surface area contributed by atoms with Crippen LogP contribution in [0.15, 0.2) is 4.99 Å². The SMILES string of the molecule is CN=C(NCC1CCCN(CC(C)C)C1)N1CCN(CC(=O)N2CCCC2)CC1.I. The predicted molar refractivity (Wildman–Crippen MR) is 135 cm³/mol. The van der Waals surface area contributed by atoms with Gasteiger partial charge in [-0.15, -0.1) is 24.0 Å². The van der Waals surface area contributed by atoms with E-state index >= 15 is 0 Å². The number of halogens is 1. The van der Waals surface area contributed by atoms with Crippen LogP contribution in [0.1, 0.15) is 39.5 Å². The summed E-state index contributed by atoms with van der Waals surface area (Å²) >= 11 is 0. The highest BCUT2D eigenvalue weighted by molar-refractivity contribution is 14.0. The van der Waals surface area contributed by atoms with Crippen molar-refractivity contribution in [2.75, 3.05) is 79.0 Å². The highest BCUT2D eigenvalue weighted by Crippen LogP contribution is 2.17. The first-order chi connectivity index (χ1) is 14.0. The molecule has 3 aliphatic rings. The van der Waals surface area contributed by atoms with Crippen LogP contribution in [0, 0.1) is 11.8 Å². The van der Waals surface area contributed by atoms with Crippen LogP contribution in [0.5, 0.6) is 0 Å². The fourth-order valence-corrected chi connectivity index (χ4v) is 4.94. The summed E-state index contributed by atoms with van der Waals surface area (Å²) in [5, 5.41) is 3.64. The Kier molecular flexibility index (Phi) is 11.2. The average Bonchev–Trinajstić information content (AvgIpc) is 3.24. The third-order valence-electron chi connectivity index (χ3n) is 6.48. The molecule has 0 saturated carbocycles. The predicted octanol–water partition coefficient (Wildman–Crippen LogP) is 1.79. The Morgan fingerprint density at radius 3 is 2.30 bits per heavy atom. The minimum atomic E-state index is 0. The molecular formula is C22H43IN6O. The van der Waals surface area contributed by atoms with E-state index in [0.29, 0.717) is 18.4 Å². The number of piperidine rings is 1. The molecular weight excluding hydrogens is 491 g/mol. The van der Waals surface area contributed by atoms with Crippen molar-refractivity contribution in [1.82, 2.24) is 24.9 Å². The molecule has 0 aromatic carbocycles.